The second-order valence-electron chi connectivity index (χ2n) is 4.17. The zero-order valence-corrected chi connectivity index (χ0v) is 10.8. The first-order valence-corrected chi connectivity index (χ1v) is 6.04. The van der Waals surface area contributed by atoms with Crippen LogP contribution in [-0.4, -0.2) is 22.4 Å². The molecule has 2 aromatic carbocycles. The second kappa shape index (κ2) is 5.05. The van der Waals surface area contributed by atoms with Crippen LogP contribution in [0.5, 0.6) is 11.5 Å². The van der Waals surface area contributed by atoms with Crippen molar-refractivity contribution in [3.05, 3.63) is 48.5 Å². The van der Waals surface area contributed by atoms with Gasteiger partial charge in [0.05, 0.1) is 12.7 Å². The third-order valence-corrected chi connectivity index (χ3v) is 2.89. The summed E-state index contributed by atoms with van der Waals surface area (Å²) in [5.41, 5.74) is 1.33. The lowest BCUT2D eigenvalue weighted by atomic mass is 10.2. The van der Waals surface area contributed by atoms with Crippen molar-refractivity contribution in [1.82, 2.24) is 10.1 Å². The van der Waals surface area contributed by atoms with Crippen molar-refractivity contribution in [3.8, 4) is 34.3 Å². The van der Waals surface area contributed by atoms with Gasteiger partial charge in [-0.25, -0.2) is 0 Å². The van der Waals surface area contributed by atoms with Crippen LogP contribution < -0.4 is 4.74 Å². The standard InChI is InChI=1S/C15H12N2O3/c1-19-11-7-8-12(13(18)9-11)15-16-14(17-20-15)10-5-3-2-4-6-10/h2-9,18H,1H3. The first-order chi connectivity index (χ1) is 9.78. The van der Waals surface area contributed by atoms with E-state index in [2.05, 4.69) is 10.1 Å². The summed E-state index contributed by atoms with van der Waals surface area (Å²) < 4.78 is 10.2. The lowest BCUT2D eigenvalue weighted by Crippen LogP contribution is -1.85. The Bertz CT molecular complexity index is 723. The SMILES string of the molecule is COc1ccc(-c2nc(-c3ccccc3)no2)c(O)c1. The number of rotatable bonds is 3. The van der Waals surface area contributed by atoms with Gasteiger partial charge in [-0.2, -0.15) is 4.98 Å². The second-order valence-corrected chi connectivity index (χ2v) is 4.17. The Labute approximate surface area is 115 Å². The third-order valence-electron chi connectivity index (χ3n) is 2.89. The summed E-state index contributed by atoms with van der Waals surface area (Å²) >= 11 is 0. The minimum absolute atomic E-state index is 0.0348. The quantitative estimate of drug-likeness (QED) is 0.790. The normalized spacial score (nSPS) is 10.4. The predicted molar refractivity (Wildman–Crippen MR) is 73.4 cm³/mol. The van der Waals surface area contributed by atoms with Gasteiger partial charge in [-0.1, -0.05) is 35.5 Å². The fourth-order valence-electron chi connectivity index (χ4n) is 1.86. The molecule has 1 N–H and O–H groups in total. The van der Waals surface area contributed by atoms with Gasteiger partial charge < -0.3 is 14.4 Å². The molecule has 0 aliphatic heterocycles. The van der Waals surface area contributed by atoms with Gasteiger partial charge in [-0.3, -0.25) is 0 Å². The molecule has 0 aliphatic rings. The predicted octanol–water partition coefficient (Wildman–Crippen LogP) is 3.12. The fourth-order valence-corrected chi connectivity index (χ4v) is 1.86. The maximum Gasteiger partial charge on any atom is 0.262 e. The van der Waals surface area contributed by atoms with Crippen LogP contribution in [0.15, 0.2) is 53.1 Å². The molecule has 3 aromatic rings. The molecule has 5 heteroatoms. The van der Waals surface area contributed by atoms with Crippen molar-refractivity contribution in [2.45, 2.75) is 0 Å². The Hall–Kier alpha value is -2.82. The minimum atomic E-state index is 0.0348. The Morgan fingerprint density at radius 2 is 1.90 bits per heavy atom. The van der Waals surface area contributed by atoms with E-state index in [1.165, 1.54) is 13.2 Å². The molecular formula is C15H12N2O3. The Kier molecular flexibility index (Phi) is 3.09. The molecule has 1 heterocycles. The van der Waals surface area contributed by atoms with Crippen molar-refractivity contribution in [2.24, 2.45) is 0 Å². The monoisotopic (exact) mass is 268 g/mol. The molecule has 5 nitrogen and oxygen atoms in total. The topological polar surface area (TPSA) is 68.4 Å². The van der Waals surface area contributed by atoms with Crippen LogP contribution in [0.25, 0.3) is 22.8 Å². The highest BCUT2D eigenvalue weighted by molar-refractivity contribution is 5.66. The van der Waals surface area contributed by atoms with Crippen LogP contribution in [0.1, 0.15) is 0 Å². The maximum absolute atomic E-state index is 9.95. The molecule has 100 valence electrons. The molecule has 0 saturated carbocycles. The fraction of sp³-hybridized carbons (Fsp3) is 0.0667. The van der Waals surface area contributed by atoms with Crippen molar-refractivity contribution in [2.75, 3.05) is 7.11 Å². The van der Waals surface area contributed by atoms with Crippen LogP contribution in [0.2, 0.25) is 0 Å². The lowest BCUT2D eigenvalue weighted by molar-refractivity contribution is 0.405. The molecule has 0 atom stereocenters. The highest BCUT2D eigenvalue weighted by atomic mass is 16.5. The van der Waals surface area contributed by atoms with E-state index in [0.29, 0.717) is 17.1 Å². The van der Waals surface area contributed by atoms with Gasteiger partial charge in [-0.05, 0) is 12.1 Å². The van der Waals surface area contributed by atoms with Crippen LogP contribution >= 0.6 is 0 Å². The Morgan fingerprint density at radius 1 is 1.10 bits per heavy atom. The van der Waals surface area contributed by atoms with E-state index in [4.69, 9.17) is 9.26 Å². The van der Waals surface area contributed by atoms with E-state index in [-0.39, 0.29) is 11.6 Å². The molecule has 0 unspecified atom stereocenters. The first-order valence-electron chi connectivity index (χ1n) is 6.04. The maximum atomic E-state index is 9.95. The van der Waals surface area contributed by atoms with E-state index in [0.717, 1.165) is 5.56 Å². The van der Waals surface area contributed by atoms with Crippen molar-refractivity contribution in [3.63, 3.8) is 0 Å². The smallest absolute Gasteiger partial charge is 0.262 e. The van der Waals surface area contributed by atoms with E-state index < -0.39 is 0 Å². The summed E-state index contributed by atoms with van der Waals surface area (Å²) in [4.78, 5) is 4.29. The number of aromatic nitrogens is 2. The van der Waals surface area contributed by atoms with E-state index in [1.54, 1.807) is 12.1 Å². The summed E-state index contributed by atoms with van der Waals surface area (Å²) in [6.07, 6.45) is 0. The van der Waals surface area contributed by atoms with Crippen molar-refractivity contribution in [1.29, 1.82) is 0 Å². The molecule has 3 rings (SSSR count). The number of nitrogens with zero attached hydrogens (tertiary/aromatic N) is 2. The highest BCUT2D eigenvalue weighted by Crippen LogP contribution is 2.32. The number of aromatic hydroxyl groups is 1. The van der Waals surface area contributed by atoms with Gasteiger partial charge in [0.1, 0.15) is 11.5 Å². The van der Waals surface area contributed by atoms with Crippen LogP contribution in [0.4, 0.5) is 0 Å². The van der Waals surface area contributed by atoms with Crippen LogP contribution in [-0.2, 0) is 0 Å². The molecule has 0 fully saturated rings. The molecular weight excluding hydrogens is 256 g/mol. The average molecular weight is 268 g/mol. The number of benzene rings is 2. The molecule has 0 aliphatic carbocycles. The van der Waals surface area contributed by atoms with E-state index in [9.17, 15) is 5.11 Å². The number of hydrogen-bond acceptors (Lipinski definition) is 5. The van der Waals surface area contributed by atoms with Gasteiger partial charge >= 0.3 is 0 Å². The summed E-state index contributed by atoms with van der Waals surface area (Å²) in [7, 11) is 1.54. The molecule has 1 aromatic heterocycles. The van der Waals surface area contributed by atoms with Gasteiger partial charge in [0.2, 0.25) is 5.82 Å². The number of methoxy groups -OCH3 is 1. The van der Waals surface area contributed by atoms with E-state index >= 15 is 0 Å². The zero-order chi connectivity index (χ0) is 13.9. The molecule has 20 heavy (non-hydrogen) atoms. The summed E-state index contributed by atoms with van der Waals surface area (Å²) in [6.45, 7) is 0. The molecule has 0 spiro atoms. The molecule has 0 amide bonds. The Morgan fingerprint density at radius 3 is 2.60 bits per heavy atom. The van der Waals surface area contributed by atoms with Gasteiger partial charge in [0, 0.05) is 11.6 Å². The number of hydrogen-bond donors (Lipinski definition) is 1. The number of phenols is 1. The first kappa shape index (κ1) is 12.2. The summed E-state index contributed by atoms with van der Waals surface area (Å²) in [5.74, 6) is 1.35. The van der Waals surface area contributed by atoms with Gasteiger partial charge in [-0.15, -0.1) is 0 Å². The highest BCUT2D eigenvalue weighted by Gasteiger charge is 2.14. The molecule has 0 saturated heterocycles. The minimum Gasteiger partial charge on any atom is -0.507 e. The van der Waals surface area contributed by atoms with Gasteiger partial charge in [0.15, 0.2) is 0 Å². The van der Waals surface area contributed by atoms with Crippen LogP contribution in [0.3, 0.4) is 0 Å². The summed E-state index contributed by atoms with van der Waals surface area (Å²) in [6, 6.07) is 14.4. The zero-order valence-electron chi connectivity index (χ0n) is 10.8. The van der Waals surface area contributed by atoms with Crippen molar-refractivity contribution < 1.29 is 14.4 Å². The number of phenolic OH excluding ortho intramolecular Hbond substituents is 1. The van der Waals surface area contributed by atoms with Crippen LogP contribution in [0, 0.1) is 0 Å². The largest absolute Gasteiger partial charge is 0.507 e. The number of ether oxygens (including phenoxy) is 1. The lowest BCUT2D eigenvalue weighted by Gasteiger charge is -2.02. The van der Waals surface area contributed by atoms with Gasteiger partial charge in [0.25, 0.3) is 5.89 Å². The third kappa shape index (κ3) is 2.21. The average Bonchev–Trinajstić information content (AvgIpc) is 2.97. The van der Waals surface area contributed by atoms with Crippen molar-refractivity contribution >= 4 is 0 Å². The summed E-state index contributed by atoms with van der Waals surface area (Å²) in [5, 5.41) is 13.9. The molecule has 0 radical (unpaired) electrons. The molecule has 0 bridgehead atoms. The Balaban J connectivity index is 1.98. The van der Waals surface area contributed by atoms with E-state index in [1.807, 2.05) is 30.3 Å².